The number of halogens is 2. The number of ether oxygens (including phenoxy) is 2. The zero-order valence-corrected chi connectivity index (χ0v) is 24.8. The molecule has 2 aromatic heterocycles. The van der Waals surface area contributed by atoms with E-state index < -0.39 is 28.3 Å². The van der Waals surface area contributed by atoms with E-state index >= 15 is 4.39 Å². The summed E-state index contributed by atoms with van der Waals surface area (Å²) >= 11 is 0. The van der Waals surface area contributed by atoms with Gasteiger partial charge in [-0.15, -0.1) is 0 Å². The molecule has 0 unspecified atom stereocenters. The number of anilines is 3. The topological polar surface area (TPSA) is 155 Å². The van der Waals surface area contributed by atoms with Crippen LogP contribution in [0.1, 0.15) is 34.1 Å². The van der Waals surface area contributed by atoms with Crippen molar-refractivity contribution in [3.63, 3.8) is 0 Å². The maximum Gasteiger partial charge on any atom is 0.232 e. The van der Waals surface area contributed by atoms with Gasteiger partial charge < -0.3 is 20.9 Å². The Morgan fingerprint density at radius 1 is 1.02 bits per heavy atom. The zero-order valence-electron chi connectivity index (χ0n) is 24.0. The average molecular weight is 603 g/mol. The third kappa shape index (κ3) is 8.46. The van der Waals surface area contributed by atoms with Gasteiger partial charge in [-0.05, 0) is 70.0 Å². The third-order valence-corrected chi connectivity index (χ3v) is 7.09. The number of hydrogen-bond donors (Lipinski definition) is 3. The number of nitrogens with one attached hydrogen (secondary N) is 1. The largest absolute Gasteiger partial charge is 0.489 e. The van der Waals surface area contributed by atoms with Gasteiger partial charge in [0.1, 0.15) is 22.9 Å². The smallest absolute Gasteiger partial charge is 0.232 e. The van der Waals surface area contributed by atoms with Gasteiger partial charge in [-0.3, -0.25) is 9.11 Å². The quantitative estimate of drug-likeness (QED) is 0.199. The van der Waals surface area contributed by atoms with Gasteiger partial charge in [0, 0.05) is 35.9 Å². The predicted molar refractivity (Wildman–Crippen MR) is 163 cm³/mol. The Hall–Kier alpha value is -4.10. The molecule has 5 N–H and O–H groups in total. The number of sulfonamides is 1. The highest BCUT2D eigenvalue weighted by Crippen LogP contribution is 2.37. The molecule has 0 radical (unpaired) electrons. The van der Waals surface area contributed by atoms with E-state index in [9.17, 15) is 12.8 Å². The van der Waals surface area contributed by atoms with E-state index in [-0.39, 0.29) is 29.6 Å². The molecule has 10 nitrogen and oxygen atoms in total. The third-order valence-electron chi connectivity index (χ3n) is 5.73. The first-order valence-corrected chi connectivity index (χ1v) is 15.1. The van der Waals surface area contributed by atoms with Gasteiger partial charge in [-0.25, -0.2) is 27.8 Å². The molecule has 0 amide bonds. The Bertz CT molecular complexity index is 1600. The maximum atomic E-state index is 15.5. The fourth-order valence-corrected chi connectivity index (χ4v) is 4.97. The van der Waals surface area contributed by atoms with Crippen LogP contribution in [0.5, 0.6) is 5.75 Å². The van der Waals surface area contributed by atoms with Crippen molar-refractivity contribution in [3.8, 4) is 28.3 Å². The van der Waals surface area contributed by atoms with Crippen LogP contribution in [0.3, 0.4) is 0 Å². The summed E-state index contributed by atoms with van der Waals surface area (Å²) in [5.74, 6) is -0.125. The molecule has 2 heterocycles. The van der Waals surface area contributed by atoms with Gasteiger partial charge in [-0.2, -0.15) is 0 Å². The lowest BCUT2D eigenvalue weighted by atomic mass is 10.0. The van der Waals surface area contributed by atoms with Crippen LogP contribution in [-0.4, -0.2) is 55.1 Å². The van der Waals surface area contributed by atoms with Crippen LogP contribution in [0.25, 0.3) is 33.4 Å². The lowest BCUT2D eigenvalue weighted by Gasteiger charge is -2.17. The Morgan fingerprint density at radius 2 is 1.76 bits per heavy atom. The molecule has 0 fully saturated rings. The van der Waals surface area contributed by atoms with Gasteiger partial charge in [0.25, 0.3) is 0 Å². The van der Waals surface area contributed by atoms with E-state index in [4.69, 9.17) is 20.9 Å². The van der Waals surface area contributed by atoms with Gasteiger partial charge >= 0.3 is 0 Å². The predicted octanol–water partition coefficient (Wildman–Crippen LogP) is 5.59. The summed E-state index contributed by atoms with van der Waals surface area (Å²) in [5.41, 5.74) is 13.2. The summed E-state index contributed by atoms with van der Waals surface area (Å²) in [4.78, 5) is 13.1. The van der Waals surface area contributed by atoms with Gasteiger partial charge in [0.05, 0.1) is 24.2 Å². The van der Waals surface area contributed by atoms with Gasteiger partial charge in [-0.1, -0.05) is 12.1 Å². The number of alkyl halides is 1. The molecule has 0 aliphatic carbocycles. The van der Waals surface area contributed by atoms with E-state index in [0.717, 1.165) is 13.2 Å². The van der Waals surface area contributed by atoms with Crippen LogP contribution in [0.4, 0.5) is 26.1 Å². The number of nitrogens with zero attached hydrogens (tertiary/aromatic N) is 3. The summed E-state index contributed by atoms with van der Waals surface area (Å²) in [6, 6.07) is 10.9. The zero-order chi connectivity index (χ0) is 30.9. The SMILES string of the molecule is CC(C)Oc1cc(-c2cccc(NS(=O)(=O)CCCF)c2F)cc2c(N)nc(-c3ccc(N)nc3)nc12.CCOCC. The molecule has 0 bridgehead atoms. The number of rotatable bonds is 11. The molecule has 4 aromatic rings. The van der Waals surface area contributed by atoms with Crippen molar-refractivity contribution in [2.24, 2.45) is 0 Å². The van der Waals surface area contributed by atoms with Gasteiger partial charge in [0.15, 0.2) is 11.6 Å². The van der Waals surface area contributed by atoms with Crippen molar-refractivity contribution < 1.29 is 26.7 Å². The molecule has 4 rings (SSSR count). The lowest BCUT2D eigenvalue weighted by molar-refractivity contribution is 0.162. The average Bonchev–Trinajstić information content (AvgIpc) is 2.94. The van der Waals surface area contributed by atoms with Gasteiger partial charge in [0.2, 0.25) is 10.0 Å². The van der Waals surface area contributed by atoms with Crippen molar-refractivity contribution in [1.29, 1.82) is 0 Å². The second-order valence-corrected chi connectivity index (χ2v) is 11.2. The standard InChI is InChI=1S/C25H26F2N6O3S.C4H10O/c1-14(2)36-20-12-16(17-5-3-6-19(22(17)27)33-37(34,35)10-4-9-26)11-18-23(20)31-25(32-24(18)29)15-7-8-21(28)30-13-15;1-3-5-4-2/h3,5-8,11-14,33H,4,9-10H2,1-2H3,(H2,28,30)(H2,29,31,32);3-4H2,1-2H3. The van der Waals surface area contributed by atoms with E-state index in [1.165, 1.54) is 24.4 Å². The molecule has 0 spiro atoms. The lowest BCUT2D eigenvalue weighted by Crippen LogP contribution is -2.18. The van der Waals surface area contributed by atoms with Crippen LogP contribution in [-0.2, 0) is 14.8 Å². The first-order chi connectivity index (χ1) is 20.0. The minimum Gasteiger partial charge on any atom is -0.489 e. The highest BCUT2D eigenvalue weighted by Gasteiger charge is 2.20. The minimum absolute atomic E-state index is 0.104. The fourth-order valence-electron chi connectivity index (χ4n) is 3.89. The van der Waals surface area contributed by atoms with Crippen LogP contribution < -0.4 is 20.9 Å². The Morgan fingerprint density at radius 3 is 2.36 bits per heavy atom. The van der Waals surface area contributed by atoms with Crippen molar-refractivity contribution >= 4 is 38.2 Å². The van der Waals surface area contributed by atoms with Crippen LogP contribution in [0.15, 0.2) is 48.7 Å². The van der Waals surface area contributed by atoms with E-state index in [2.05, 4.69) is 19.7 Å². The monoisotopic (exact) mass is 602 g/mol. The Balaban J connectivity index is 0.000000892. The Labute approximate surface area is 244 Å². The molecule has 2 aromatic carbocycles. The van der Waals surface area contributed by atoms with E-state index in [1.54, 1.807) is 24.3 Å². The summed E-state index contributed by atoms with van der Waals surface area (Å²) in [5, 5.41) is 0.425. The number of hydrogen-bond acceptors (Lipinski definition) is 9. The molecule has 0 atom stereocenters. The number of aromatic nitrogens is 3. The summed E-state index contributed by atoms with van der Waals surface area (Å²) in [7, 11) is -3.93. The normalized spacial score (nSPS) is 11.3. The summed E-state index contributed by atoms with van der Waals surface area (Å²) in [6.07, 6.45) is 1.10. The van der Waals surface area contributed by atoms with Crippen LogP contribution >= 0.6 is 0 Å². The highest BCUT2D eigenvalue weighted by atomic mass is 32.2. The summed E-state index contributed by atoms with van der Waals surface area (Å²) < 4.78 is 65.4. The van der Waals surface area contributed by atoms with E-state index in [1.807, 2.05) is 27.7 Å². The molecule has 0 saturated heterocycles. The number of benzene rings is 2. The maximum absolute atomic E-state index is 15.5. The van der Waals surface area contributed by atoms with Crippen molar-refractivity contribution in [1.82, 2.24) is 15.0 Å². The molecular formula is C29H36F2N6O4S. The molecule has 0 saturated carbocycles. The molecular weight excluding hydrogens is 566 g/mol. The molecule has 0 aliphatic rings. The number of pyridine rings is 1. The molecule has 42 heavy (non-hydrogen) atoms. The first-order valence-electron chi connectivity index (χ1n) is 13.4. The number of nitrogen functional groups attached to an aromatic ring is 2. The van der Waals surface area contributed by atoms with E-state index in [0.29, 0.717) is 39.4 Å². The second-order valence-electron chi connectivity index (χ2n) is 9.35. The number of fused-ring (bicyclic) bond motifs is 1. The summed E-state index contributed by atoms with van der Waals surface area (Å²) in [6.45, 7) is 8.54. The van der Waals surface area contributed by atoms with Crippen molar-refractivity contribution in [3.05, 3.63) is 54.5 Å². The first kappa shape index (κ1) is 32.4. The van der Waals surface area contributed by atoms with Crippen LogP contribution in [0.2, 0.25) is 0 Å². The van der Waals surface area contributed by atoms with Crippen LogP contribution in [0, 0.1) is 5.82 Å². The fraction of sp³-hybridized carbons (Fsp3) is 0.345. The Kier molecular flexibility index (Phi) is 11.3. The van der Waals surface area contributed by atoms with Crippen molar-refractivity contribution in [2.75, 3.05) is 41.8 Å². The number of nitrogens with two attached hydrogens (primary N) is 2. The molecule has 0 aliphatic heterocycles. The molecule has 13 heteroatoms. The molecule has 226 valence electrons. The second kappa shape index (κ2) is 14.7. The minimum atomic E-state index is -3.93. The highest BCUT2D eigenvalue weighted by molar-refractivity contribution is 7.92. The van der Waals surface area contributed by atoms with Crippen molar-refractivity contribution in [2.45, 2.75) is 40.2 Å².